The van der Waals surface area contributed by atoms with E-state index in [2.05, 4.69) is 65.7 Å². The predicted molar refractivity (Wildman–Crippen MR) is 188 cm³/mol. The molecule has 0 atom stereocenters. The molecule has 0 bridgehead atoms. The Balaban J connectivity index is 1.16. The van der Waals surface area contributed by atoms with Gasteiger partial charge in [0.1, 0.15) is 35.4 Å². The minimum absolute atomic E-state index is 0.0941. The van der Waals surface area contributed by atoms with E-state index >= 15 is 0 Å². The molecule has 2 fully saturated rings. The maximum atomic E-state index is 13.1. The molecular weight excluding hydrogens is 652 g/mol. The Kier molecular flexibility index (Phi) is 10.3. The van der Waals surface area contributed by atoms with E-state index in [1.54, 1.807) is 18.5 Å². The van der Waals surface area contributed by atoms with Crippen LogP contribution in [0.2, 0.25) is 30.8 Å². The number of aromatic nitrogens is 4. The number of nitrogens with one attached hydrogen (secondary N) is 2. The number of likely N-dealkylation sites (tertiary alicyclic amines) is 1. The molecule has 0 saturated carbocycles. The molecule has 2 aliphatic heterocycles. The lowest BCUT2D eigenvalue weighted by Gasteiger charge is -2.38. The molecule has 0 unspecified atom stereocenters. The van der Waals surface area contributed by atoms with Crippen LogP contribution in [0, 0.1) is 0 Å². The summed E-state index contributed by atoms with van der Waals surface area (Å²) in [6.07, 6.45) is 0.583. The molecule has 0 spiro atoms. The number of carbonyl (C=O) groups excluding carboxylic acids is 1. The van der Waals surface area contributed by atoms with Crippen molar-refractivity contribution in [1.82, 2.24) is 29.7 Å². The third-order valence-corrected chi connectivity index (χ3v) is 10.5. The summed E-state index contributed by atoms with van der Waals surface area (Å²) < 4.78 is 13.9. The number of hydrogen-bond donors (Lipinski definition) is 3. The van der Waals surface area contributed by atoms with Crippen molar-refractivity contribution in [2.45, 2.75) is 45.0 Å². The SMILES string of the molecule is C[Si](C)(C)CCOCn1c(-c2ccc(NC(=O)c3ccc(CN4CC(NC(=O)O)C4)c(Cl)n3)cc2)cc2c(N3CCOCC3)ncnc21. The van der Waals surface area contributed by atoms with E-state index in [0.717, 1.165) is 52.8 Å². The third kappa shape index (κ3) is 8.13. The molecule has 1 aromatic carbocycles. The van der Waals surface area contributed by atoms with E-state index < -0.39 is 14.2 Å². The van der Waals surface area contributed by atoms with Crippen molar-refractivity contribution in [3.8, 4) is 11.3 Å². The standard InChI is InChI=1S/C33H41ClN8O5Si/c1-48(2,3)15-14-47-21-42-28(16-26-30(35-20-36-31(26)42)41-10-12-46-13-11-41)22-4-7-24(8-5-22)37-32(43)27-9-6-23(29(34)39-27)17-40-18-25(19-40)38-33(44)45/h4-9,16,20,25,38H,10-15,17-19,21H2,1-3H3,(H,37,43)(H,44,45). The Labute approximate surface area is 285 Å². The normalized spacial score (nSPS) is 15.8. The second kappa shape index (κ2) is 14.6. The number of amides is 2. The molecule has 2 amide bonds. The highest BCUT2D eigenvalue weighted by atomic mass is 35.5. The van der Waals surface area contributed by atoms with Crippen molar-refractivity contribution < 1.29 is 24.2 Å². The average molecular weight is 693 g/mol. The number of halogens is 1. The van der Waals surface area contributed by atoms with Crippen molar-refractivity contribution in [2.75, 3.05) is 56.2 Å². The fraction of sp³-hybridized carbons (Fsp3) is 0.424. The van der Waals surface area contributed by atoms with Gasteiger partial charge in [-0.25, -0.2) is 19.7 Å². The van der Waals surface area contributed by atoms with Gasteiger partial charge in [0, 0.05) is 58.7 Å². The lowest BCUT2D eigenvalue weighted by molar-refractivity contribution is 0.0909. The van der Waals surface area contributed by atoms with Crippen LogP contribution in [0.5, 0.6) is 0 Å². The molecule has 0 aliphatic carbocycles. The fourth-order valence-corrected chi connectivity index (χ4v) is 6.78. The van der Waals surface area contributed by atoms with E-state index in [0.29, 0.717) is 51.9 Å². The molecule has 254 valence electrons. The lowest BCUT2D eigenvalue weighted by atomic mass is 10.1. The number of carboxylic acid groups (broad SMARTS) is 1. The van der Waals surface area contributed by atoms with Gasteiger partial charge in [0.15, 0.2) is 0 Å². The Morgan fingerprint density at radius 2 is 1.83 bits per heavy atom. The zero-order valence-electron chi connectivity index (χ0n) is 27.4. The third-order valence-electron chi connectivity index (χ3n) is 8.47. The molecule has 2 aliphatic rings. The van der Waals surface area contributed by atoms with Crippen LogP contribution in [-0.2, 0) is 22.7 Å². The predicted octanol–water partition coefficient (Wildman–Crippen LogP) is 5.00. The van der Waals surface area contributed by atoms with Crippen LogP contribution in [0.3, 0.4) is 0 Å². The summed E-state index contributed by atoms with van der Waals surface area (Å²) in [5.41, 5.74) is 4.29. The van der Waals surface area contributed by atoms with Gasteiger partial charge in [0.05, 0.1) is 30.3 Å². The van der Waals surface area contributed by atoms with Crippen LogP contribution in [0.1, 0.15) is 16.1 Å². The smallest absolute Gasteiger partial charge is 0.404 e. The number of ether oxygens (including phenoxy) is 2. The maximum Gasteiger partial charge on any atom is 0.404 e. The van der Waals surface area contributed by atoms with Crippen molar-refractivity contribution in [2.24, 2.45) is 0 Å². The zero-order chi connectivity index (χ0) is 33.8. The highest BCUT2D eigenvalue weighted by Gasteiger charge is 2.28. The molecule has 3 aromatic heterocycles. The van der Waals surface area contributed by atoms with Gasteiger partial charge in [-0.2, -0.15) is 0 Å². The summed E-state index contributed by atoms with van der Waals surface area (Å²) in [5, 5.41) is 15.4. The fourth-order valence-electron chi connectivity index (χ4n) is 5.81. The number of anilines is 2. The first-order valence-corrected chi connectivity index (χ1v) is 20.2. The molecule has 6 rings (SSSR count). The number of rotatable bonds is 12. The van der Waals surface area contributed by atoms with Crippen LogP contribution in [0.25, 0.3) is 22.3 Å². The first-order chi connectivity index (χ1) is 23.0. The van der Waals surface area contributed by atoms with Gasteiger partial charge in [-0.1, -0.05) is 49.4 Å². The monoisotopic (exact) mass is 692 g/mol. The number of hydrogen-bond acceptors (Lipinski definition) is 9. The van der Waals surface area contributed by atoms with Crippen molar-refractivity contribution >= 4 is 54.2 Å². The van der Waals surface area contributed by atoms with Gasteiger partial charge in [-0.05, 0) is 35.9 Å². The highest BCUT2D eigenvalue weighted by molar-refractivity contribution is 6.76. The van der Waals surface area contributed by atoms with E-state index in [9.17, 15) is 9.59 Å². The van der Waals surface area contributed by atoms with E-state index in [4.69, 9.17) is 26.2 Å². The number of fused-ring (bicyclic) bond motifs is 1. The van der Waals surface area contributed by atoms with Crippen LogP contribution < -0.4 is 15.5 Å². The minimum Gasteiger partial charge on any atom is -0.465 e. The Morgan fingerprint density at radius 1 is 1.08 bits per heavy atom. The van der Waals surface area contributed by atoms with E-state index in [1.807, 2.05) is 24.3 Å². The number of pyridine rings is 1. The topological polar surface area (TPSA) is 147 Å². The summed E-state index contributed by atoms with van der Waals surface area (Å²) >= 11 is 6.43. The van der Waals surface area contributed by atoms with Crippen LogP contribution in [-0.4, -0.2) is 102 Å². The molecule has 0 radical (unpaired) electrons. The molecule has 15 heteroatoms. The van der Waals surface area contributed by atoms with Gasteiger partial charge in [-0.3, -0.25) is 9.69 Å². The van der Waals surface area contributed by atoms with Gasteiger partial charge < -0.3 is 34.7 Å². The quantitative estimate of drug-likeness (QED) is 0.105. The highest BCUT2D eigenvalue weighted by Crippen LogP contribution is 2.33. The first kappa shape index (κ1) is 33.8. The van der Waals surface area contributed by atoms with Gasteiger partial charge in [0.25, 0.3) is 5.91 Å². The number of morpholine rings is 1. The lowest BCUT2D eigenvalue weighted by Crippen LogP contribution is -2.58. The number of benzene rings is 1. The van der Waals surface area contributed by atoms with Crippen molar-refractivity contribution in [3.05, 3.63) is 65.2 Å². The minimum atomic E-state index is -1.25. The summed E-state index contributed by atoms with van der Waals surface area (Å²) in [5.74, 6) is 0.511. The van der Waals surface area contributed by atoms with Crippen LogP contribution >= 0.6 is 11.6 Å². The first-order valence-electron chi connectivity index (χ1n) is 16.1. The second-order valence-electron chi connectivity index (χ2n) is 13.4. The summed E-state index contributed by atoms with van der Waals surface area (Å²) in [6.45, 7) is 12.6. The van der Waals surface area contributed by atoms with Gasteiger partial charge in [-0.15, -0.1) is 0 Å². The van der Waals surface area contributed by atoms with Crippen molar-refractivity contribution in [1.29, 1.82) is 0 Å². The number of nitrogens with zero attached hydrogens (tertiary/aromatic N) is 6. The summed E-state index contributed by atoms with van der Waals surface area (Å²) in [6, 6.07) is 14.2. The van der Waals surface area contributed by atoms with E-state index in [1.165, 1.54) is 0 Å². The molecule has 3 N–H and O–H groups in total. The van der Waals surface area contributed by atoms with Gasteiger partial charge >= 0.3 is 6.09 Å². The second-order valence-corrected chi connectivity index (χ2v) is 19.3. The maximum absolute atomic E-state index is 13.1. The average Bonchev–Trinajstić information content (AvgIpc) is 3.41. The molecule has 2 saturated heterocycles. The Morgan fingerprint density at radius 3 is 2.52 bits per heavy atom. The summed E-state index contributed by atoms with van der Waals surface area (Å²) in [7, 11) is -1.25. The molecule has 4 aromatic rings. The van der Waals surface area contributed by atoms with E-state index in [-0.39, 0.29) is 22.8 Å². The van der Waals surface area contributed by atoms with Crippen molar-refractivity contribution in [3.63, 3.8) is 0 Å². The molecule has 13 nitrogen and oxygen atoms in total. The summed E-state index contributed by atoms with van der Waals surface area (Å²) in [4.78, 5) is 41.8. The molecule has 48 heavy (non-hydrogen) atoms. The van der Waals surface area contributed by atoms with Crippen LogP contribution in [0.4, 0.5) is 16.3 Å². The zero-order valence-corrected chi connectivity index (χ0v) is 29.2. The van der Waals surface area contributed by atoms with Gasteiger partial charge in [0.2, 0.25) is 0 Å². The Hall–Kier alpha value is -4.08. The molecular formula is C33H41ClN8O5Si. The molecule has 5 heterocycles. The largest absolute Gasteiger partial charge is 0.465 e. The van der Waals surface area contributed by atoms with Crippen LogP contribution in [0.15, 0.2) is 48.8 Å². The Bertz CT molecular complexity index is 1770. The number of carbonyl (C=O) groups is 2.